The molecule has 0 aliphatic rings. The standard InChI is InChI=1S/C27H37Cl2N3O4S/c1-7-24(27(34)30-18(2)3)31(17-21-13-14-22(28)16-23(21)29)26(33)12-9-15-32(37(6,35)36)25-11-8-10-19(4)20(25)5/h8,10-11,13-14,16,18,24H,7,9,12,15,17H2,1-6H3,(H,30,34)/t24-/m1/s1. The van der Waals surface area contributed by atoms with E-state index >= 15 is 0 Å². The average molecular weight is 571 g/mol. The lowest BCUT2D eigenvalue weighted by atomic mass is 10.1. The summed E-state index contributed by atoms with van der Waals surface area (Å²) >= 11 is 12.4. The van der Waals surface area contributed by atoms with Crippen LogP contribution in [0.25, 0.3) is 0 Å². The molecule has 37 heavy (non-hydrogen) atoms. The third-order valence-corrected chi connectivity index (χ3v) is 7.94. The summed E-state index contributed by atoms with van der Waals surface area (Å²) in [4.78, 5) is 28.0. The SMILES string of the molecule is CC[C@H](C(=O)NC(C)C)N(Cc1ccc(Cl)cc1Cl)C(=O)CCCN(c1cccc(C)c1C)S(C)(=O)=O. The Labute approximate surface area is 231 Å². The molecule has 0 bridgehead atoms. The topological polar surface area (TPSA) is 86.8 Å². The highest BCUT2D eigenvalue weighted by Crippen LogP contribution is 2.27. The predicted molar refractivity (Wildman–Crippen MR) is 152 cm³/mol. The Morgan fingerprint density at radius 3 is 2.32 bits per heavy atom. The van der Waals surface area contributed by atoms with E-state index in [4.69, 9.17) is 23.2 Å². The van der Waals surface area contributed by atoms with Crippen molar-refractivity contribution in [1.29, 1.82) is 0 Å². The van der Waals surface area contributed by atoms with Crippen LogP contribution in [0.2, 0.25) is 10.0 Å². The molecule has 1 atom stereocenters. The fraction of sp³-hybridized carbons (Fsp3) is 0.481. The molecule has 2 amide bonds. The normalized spacial score (nSPS) is 12.4. The van der Waals surface area contributed by atoms with Gasteiger partial charge in [-0.25, -0.2) is 8.42 Å². The van der Waals surface area contributed by atoms with E-state index in [1.807, 2.05) is 46.8 Å². The van der Waals surface area contributed by atoms with Gasteiger partial charge in [-0.2, -0.15) is 0 Å². The van der Waals surface area contributed by atoms with Crippen molar-refractivity contribution in [1.82, 2.24) is 10.2 Å². The third kappa shape index (κ3) is 8.62. The van der Waals surface area contributed by atoms with Gasteiger partial charge in [0.2, 0.25) is 21.8 Å². The minimum absolute atomic E-state index is 0.0630. The van der Waals surface area contributed by atoms with Gasteiger partial charge in [-0.05, 0) is 75.4 Å². The first-order valence-electron chi connectivity index (χ1n) is 12.3. The number of carbonyl (C=O) groups excluding carboxylic acids is 2. The minimum atomic E-state index is -3.57. The number of halogens is 2. The zero-order valence-corrected chi connectivity index (χ0v) is 24.7. The lowest BCUT2D eigenvalue weighted by Gasteiger charge is -2.32. The highest BCUT2D eigenvalue weighted by molar-refractivity contribution is 7.92. The van der Waals surface area contributed by atoms with Crippen LogP contribution in [0.4, 0.5) is 5.69 Å². The number of hydrogen-bond acceptors (Lipinski definition) is 4. The smallest absolute Gasteiger partial charge is 0.243 e. The first-order valence-corrected chi connectivity index (χ1v) is 14.9. The molecule has 7 nitrogen and oxygen atoms in total. The fourth-order valence-corrected chi connectivity index (χ4v) is 5.61. The molecule has 2 aromatic carbocycles. The molecule has 204 valence electrons. The summed E-state index contributed by atoms with van der Waals surface area (Å²) in [6.07, 6.45) is 1.92. The zero-order valence-electron chi connectivity index (χ0n) is 22.3. The maximum absolute atomic E-state index is 13.5. The van der Waals surface area contributed by atoms with E-state index in [0.29, 0.717) is 27.7 Å². The predicted octanol–water partition coefficient (Wildman–Crippen LogP) is 5.49. The van der Waals surface area contributed by atoms with E-state index in [2.05, 4.69) is 5.32 Å². The summed E-state index contributed by atoms with van der Waals surface area (Å²) in [5, 5.41) is 3.77. The molecule has 0 aliphatic carbocycles. The summed E-state index contributed by atoms with van der Waals surface area (Å²) in [5.74, 6) is -0.504. The molecular formula is C27H37Cl2N3O4S. The van der Waals surface area contributed by atoms with Crippen LogP contribution in [-0.4, -0.2) is 50.0 Å². The third-order valence-electron chi connectivity index (χ3n) is 6.17. The lowest BCUT2D eigenvalue weighted by Crippen LogP contribution is -2.50. The molecular weight excluding hydrogens is 533 g/mol. The summed E-state index contributed by atoms with van der Waals surface area (Å²) in [7, 11) is -3.57. The number of amides is 2. The maximum atomic E-state index is 13.5. The van der Waals surface area contributed by atoms with E-state index in [0.717, 1.165) is 17.4 Å². The number of carbonyl (C=O) groups is 2. The van der Waals surface area contributed by atoms with Gasteiger partial charge in [-0.1, -0.05) is 48.3 Å². The second-order valence-corrected chi connectivity index (χ2v) is 12.3. The monoisotopic (exact) mass is 569 g/mol. The van der Waals surface area contributed by atoms with Crippen LogP contribution < -0.4 is 9.62 Å². The van der Waals surface area contributed by atoms with Crippen LogP contribution in [-0.2, 0) is 26.2 Å². The molecule has 2 aromatic rings. The van der Waals surface area contributed by atoms with E-state index in [-0.39, 0.29) is 43.8 Å². The van der Waals surface area contributed by atoms with Crippen molar-refractivity contribution in [3.63, 3.8) is 0 Å². The van der Waals surface area contributed by atoms with Gasteiger partial charge in [0.25, 0.3) is 0 Å². The van der Waals surface area contributed by atoms with Crippen molar-refractivity contribution in [2.45, 2.75) is 72.5 Å². The molecule has 0 spiro atoms. The Kier molecular flexibility index (Phi) is 11.3. The van der Waals surface area contributed by atoms with Crippen molar-refractivity contribution in [2.75, 3.05) is 17.1 Å². The largest absolute Gasteiger partial charge is 0.352 e. The van der Waals surface area contributed by atoms with Crippen LogP contribution >= 0.6 is 23.2 Å². The minimum Gasteiger partial charge on any atom is -0.352 e. The van der Waals surface area contributed by atoms with Crippen molar-refractivity contribution in [2.24, 2.45) is 0 Å². The highest BCUT2D eigenvalue weighted by Gasteiger charge is 2.30. The van der Waals surface area contributed by atoms with Crippen LogP contribution in [0, 0.1) is 13.8 Å². The molecule has 0 aliphatic heterocycles. The Morgan fingerprint density at radius 1 is 1.08 bits per heavy atom. The van der Waals surface area contributed by atoms with E-state index < -0.39 is 16.1 Å². The fourth-order valence-electron chi connectivity index (χ4n) is 4.12. The Balaban J connectivity index is 2.29. The second-order valence-electron chi connectivity index (χ2n) is 9.50. The van der Waals surface area contributed by atoms with Gasteiger partial charge in [-0.15, -0.1) is 0 Å². The summed E-state index contributed by atoms with van der Waals surface area (Å²) in [6, 6.07) is 9.75. The number of benzene rings is 2. The average Bonchev–Trinajstić information content (AvgIpc) is 2.78. The molecule has 0 aromatic heterocycles. The number of sulfonamides is 1. The molecule has 0 heterocycles. The number of aryl methyl sites for hydroxylation is 1. The molecule has 0 unspecified atom stereocenters. The van der Waals surface area contributed by atoms with Gasteiger partial charge in [0.15, 0.2) is 0 Å². The van der Waals surface area contributed by atoms with Gasteiger partial charge in [0.1, 0.15) is 6.04 Å². The van der Waals surface area contributed by atoms with Gasteiger partial charge in [0.05, 0.1) is 11.9 Å². The number of hydrogen-bond donors (Lipinski definition) is 1. The molecule has 2 rings (SSSR count). The highest BCUT2D eigenvalue weighted by atomic mass is 35.5. The molecule has 0 fully saturated rings. The number of rotatable bonds is 12. The first kappa shape index (κ1) is 30.9. The van der Waals surface area contributed by atoms with Crippen molar-refractivity contribution in [3.8, 4) is 0 Å². The number of nitrogens with zero attached hydrogens (tertiary/aromatic N) is 2. The van der Waals surface area contributed by atoms with E-state index in [9.17, 15) is 18.0 Å². The Morgan fingerprint density at radius 2 is 1.76 bits per heavy atom. The lowest BCUT2D eigenvalue weighted by molar-refractivity contribution is -0.141. The summed E-state index contributed by atoms with van der Waals surface area (Å²) in [5.41, 5.74) is 3.12. The van der Waals surface area contributed by atoms with Crippen molar-refractivity contribution < 1.29 is 18.0 Å². The van der Waals surface area contributed by atoms with Crippen LogP contribution in [0.5, 0.6) is 0 Å². The molecule has 1 N–H and O–H groups in total. The van der Waals surface area contributed by atoms with Gasteiger partial charge in [0, 0.05) is 35.6 Å². The zero-order chi connectivity index (χ0) is 27.9. The van der Waals surface area contributed by atoms with Gasteiger partial charge < -0.3 is 10.2 Å². The van der Waals surface area contributed by atoms with Crippen LogP contribution in [0.1, 0.15) is 56.7 Å². The van der Waals surface area contributed by atoms with Gasteiger partial charge in [-0.3, -0.25) is 13.9 Å². The first-order chi connectivity index (χ1) is 17.3. The molecule has 0 saturated heterocycles. The summed E-state index contributed by atoms with van der Waals surface area (Å²) < 4.78 is 26.6. The van der Waals surface area contributed by atoms with Crippen LogP contribution in [0.3, 0.4) is 0 Å². The maximum Gasteiger partial charge on any atom is 0.243 e. The van der Waals surface area contributed by atoms with E-state index in [1.165, 1.54) is 9.21 Å². The number of nitrogens with one attached hydrogen (secondary N) is 1. The quantitative estimate of drug-likeness (QED) is 0.366. The van der Waals surface area contributed by atoms with Gasteiger partial charge >= 0.3 is 0 Å². The second kappa shape index (κ2) is 13.5. The molecule has 0 radical (unpaired) electrons. The van der Waals surface area contributed by atoms with Crippen LogP contribution in [0.15, 0.2) is 36.4 Å². The van der Waals surface area contributed by atoms with Crippen molar-refractivity contribution >= 4 is 50.7 Å². The molecule has 10 heteroatoms. The summed E-state index contributed by atoms with van der Waals surface area (Å²) in [6.45, 7) is 9.64. The molecule has 0 saturated carbocycles. The Hall–Kier alpha value is -2.29. The Bertz CT molecular complexity index is 1220. The van der Waals surface area contributed by atoms with E-state index in [1.54, 1.807) is 24.3 Å². The number of anilines is 1. The van der Waals surface area contributed by atoms with Crippen molar-refractivity contribution in [3.05, 3.63) is 63.1 Å².